The summed E-state index contributed by atoms with van der Waals surface area (Å²) in [6, 6.07) is 12.7. The van der Waals surface area contributed by atoms with Gasteiger partial charge in [-0.1, -0.05) is 18.2 Å². The van der Waals surface area contributed by atoms with Crippen LogP contribution >= 0.6 is 15.9 Å². The summed E-state index contributed by atoms with van der Waals surface area (Å²) in [5.74, 6) is 1.20. The molecule has 6 heteroatoms. The van der Waals surface area contributed by atoms with E-state index in [0.29, 0.717) is 40.5 Å². The maximum Gasteiger partial charge on any atom is 0.291 e. The maximum atomic E-state index is 12.4. The molecule has 0 bridgehead atoms. The van der Waals surface area contributed by atoms with Crippen LogP contribution in [0.4, 0.5) is 5.69 Å². The van der Waals surface area contributed by atoms with E-state index in [1.54, 1.807) is 18.2 Å². The zero-order valence-corrected chi connectivity index (χ0v) is 13.6. The van der Waals surface area contributed by atoms with E-state index < -0.39 is 0 Å². The molecule has 1 N–H and O–H groups in total. The molecule has 2 heterocycles. The van der Waals surface area contributed by atoms with Gasteiger partial charge >= 0.3 is 0 Å². The minimum Gasteiger partial charge on any atom is -0.486 e. The Morgan fingerprint density at radius 3 is 2.57 bits per heavy atom. The summed E-state index contributed by atoms with van der Waals surface area (Å²) in [5.41, 5.74) is 1.28. The van der Waals surface area contributed by atoms with Gasteiger partial charge in [-0.2, -0.15) is 0 Å². The lowest BCUT2D eigenvalue weighted by Crippen LogP contribution is -2.16. The molecule has 1 aliphatic rings. The summed E-state index contributed by atoms with van der Waals surface area (Å²) < 4.78 is 17.3. The van der Waals surface area contributed by atoms with E-state index in [1.165, 1.54) is 0 Å². The van der Waals surface area contributed by atoms with Crippen LogP contribution in [0.15, 0.2) is 51.4 Å². The number of halogens is 1. The van der Waals surface area contributed by atoms with Crippen molar-refractivity contribution in [1.82, 2.24) is 0 Å². The highest BCUT2D eigenvalue weighted by Crippen LogP contribution is 2.38. The molecule has 23 heavy (non-hydrogen) atoms. The van der Waals surface area contributed by atoms with Crippen molar-refractivity contribution in [1.29, 1.82) is 0 Å². The van der Waals surface area contributed by atoms with E-state index in [2.05, 4.69) is 21.2 Å². The van der Waals surface area contributed by atoms with Crippen molar-refractivity contribution >= 4 is 38.5 Å². The van der Waals surface area contributed by atoms with Gasteiger partial charge in [0.15, 0.2) is 17.3 Å². The summed E-state index contributed by atoms with van der Waals surface area (Å²) in [4.78, 5) is 12.4. The van der Waals surface area contributed by atoms with Crippen molar-refractivity contribution in [2.75, 3.05) is 18.5 Å². The van der Waals surface area contributed by atoms with Gasteiger partial charge < -0.3 is 19.2 Å². The molecule has 0 saturated heterocycles. The molecule has 1 aliphatic heterocycles. The van der Waals surface area contributed by atoms with E-state index in [-0.39, 0.29) is 11.7 Å². The number of benzene rings is 2. The molecular weight excluding hydrogens is 362 g/mol. The van der Waals surface area contributed by atoms with E-state index in [0.717, 1.165) is 5.39 Å². The fourth-order valence-corrected chi connectivity index (χ4v) is 2.86. The number of anilines is 1. The number of ether oxygens (including phenoxy) is 2. The number of nitrogens with one attached hydrogen (secondary N) is 1. The van der Waals surface area contributed by atoms with Gasteiger partial charge in [-0.25, -0.2) is 0 Å². The fourth-order valence-electron chi connectivity index (χ4n) is 2.44. The number of fused-ring (bicyclic) bond motifs is 2. The fraction of sp³-hybridized carbons (Fsp3) is 0.118. The quantitative estimate of drug-likeness (QED) is 0.730. The normalized spacial score (nSPS) is 13.1. The maximum absolute atomic E-state index is 12.4. The summed E-state index contributed by atoms with van der Waals surface area (Å²) in [6.07, 6.45) is 0. The standard InChI is InChI=1S/C17H12BrNO4/c18-11-8-14-15(22-6-5-21-14)9-12(11)19-17(20)16-7-10-3-1-2-4-13(10)23-16/h1-4,7-9H,5-6H2,(H,19,20). The van der Waals surface area contributed by atoms with Crippen molar-refractivity contribution < 1.29 is 18.7 Å². The Morgan fingerprint density at radius 1 is 1.04 bits per heavy atom. The Balaban J connectivity index is 1.63. The molecule has 4 rings (SSSR count). The Kier molecular flexibility index (Phi) is 3.46. The number of hydrogen-bond donors (Lipinski definition) is 1. The first-order chi connectivity index (χ1) is 11.2. The minimum atomic E-state index is -0.321. The van der Waals surface area contributed by atoms with Crippen molar-refractivity contribution in [2.45, 2.75) is 0 Å². The second-order valence-electron chi connectivity index (χ2n) is 5.08. The average Bonchev–Trinajstić information content (AvgIpc) is 3.00. The number of rotatable bonds is 2. The molecule has 0 unspecified atom stereocenters. The second-order valence-corrected chi connectivity index (χ2v) is 5.93. The molecule has 5 nitrogen and oxygen atoms in total. The Labute approximate surface area is 140 Å². The summed E-state index contributed by atoms with van der Waals surface area (Å²) in [7, 11) is 0. The highest BCUT2D eigenvalue weighted by molar-refractivity contribution is 9.10. The third-order valence-corrected chi connectivity index (χ3v) is 4.19. The van der Waals surface area contributed by atoms with E-state index in [9.17, 15) is 4.79 Å². The van der Waals surface area contributed by atoms with Gasteiger partial charge in [0.05, 0.1) is 5.69 Å². The molecule has 0 aliphatic carbocycles. The Morgan fingerprint density at radius 2 is 1.78 bits per heavy atom. The first kappa shape index (κ1) is 14.1. The average molecular weight is 374 g/mol. The van der Waals surface area contributed by atoms with Crippen LogP contribution in [0.3, 0.4) is 0 Å². The van der Waals surface area contributed by atoms with Crippen LogP contribution in [-0.4, -0.2) is 19.1 Å². The first-order valence-corrected chi connectivity index (χ1v) is 7.89. The highest BCUT2D eigenvalue weighted by Gasteiger charge is 2.18. The van der Waals surface area contributed by atoms with Crippen molar-refractivity contribution in [3.05, 3.63) is 52.7 Å². The van der Waals surface area contributed by atoms with E-state index in [4.69, 9.17) is 13.9 Å². The molecule has 0 saturated carbocycles. The molecule has 0 fully saturated rings. The number of hydrogen-bond acceptors (Lipinski definition) is 4. The van der Waals surface area contributed by atoms with Gasteiger partial charge in [0, 0.05) is 22.0 Å². The largest absolute Gasteiger partial charge is 0.486 e. The Bertz CT molecular complexity index is 870. The zero-order valence-electron chi connectivity index (χ0n) is 12.0. The minimum absolute atomic E-state index is 0.257. The predicted molar refractivity (Wildman–Crippen MR) is 89.3 cm³/mol. The van der Waals surface area contributed by atoms with Crippen LogP contribution in [0.2, 0.25) is 0 Å². The van der Waals surface area contributed by atoms with Gasteiger partial charge in [0.1, 0.15) is 18.8 Å². The molecule has 1 aromatic heterocycles. The number of amides is 1. The molecule has 0 atom stereocenters. The van der Waals surface area contributed by atoms with Gasteiger partial charge in [0.2, 0.25) is 0 Å². The first-order valence-electron chi connectivity index (χ1n) is 7.10. The number of carbonyl (C=O) groups is 1. The van der Waals surface area contributed by atoms with Crippen LogP contribution in [0.5, 0.6) is 11.5 Å². The lowest BCUT2D eigenvalue weighted by Gasteiger charge is -2.19. The van der Waals surface area contributed by atoms with Crippen LogP contribution in [0, 0.1) is 0 Å². The monoisotopic (exact) mass is 373 g/mol. The molecule has 0 radical (unpaired) electrons. The lowest BCUT2D eigenvalue weighted by molar-refractivity contribution is 0.0998. The SMILES string of the molecule is O=C(Nc1cc2c(cc1Br)OCCO2)c1cc2ccccc2o1. The van der Waals surface area contributed by atoms with Gasteiger partial charge in [0.25, 0.3) is 5.91 Å². The molecular formula is C17H12BrNO4. The van der Waals surface area contributed by atoms with Crippen LogP contribution in [0.25, 0.3) is 11.0 Å². The number of furan rings is 1. The van der Waals surface area contributed by atoms with Gasteiger partial charge in [-0.3, -0.25) is 4.79 Å². The number of carbonyl (C=O) groups excluding carboxylic acids is 1. The summed E-state index contributed by atoms with van der Waals surface area (Å²) >= 11 is 3.43. The van der Waals surface area contributed by atoms with E-state index >= 15 is 0 Å². The molecule has 1 amide bonds. The van der Waals surface area contributed by atoms with Crippen molar-refractivity contribution in [3.8, 4) is 11.5 Å². The van der Waals surface area contributed by atoms with Crippen molar-refractivity contribution in [2.24, 2.45) is 0 Å². The topological polar surface area (TPSA) is 60.7 Å². The molecule has 116 valence electrons. The summed E-state index contributed by atoms with van der Waals surface area (Å²) in [5, 5.41) is 3.71. The smallest absolute Gasteiger partial charge is 0.291 e. The molecule has 2 aromatic carbocycles. The Hall–Kier alpha value is -2.47. The van der Waals surface area contributed by atoms with Gasteiger partial charge in [-0.15, -0.1) is 0 Å². The number of para-hydroxylation sites is 1. The van der Waals surface area contributed by atoms with Crippen LogP contribution in [-0.2, 0) is 0 Å². The molecule has 3 aromatic rings. The third kappa shape index (κ3) is 2.66. The van der Waals surface area contributed by atoms with Gasteiger partial charge in [-0.05, 0) is 28.1 Å². The van der Waals surface area contributed by atoms with E-state index in [1.807, 2.05) is 24.3 Å². The molecule has 0 spiro atoms. The van der Waals surface area contributed by atoms with Crippen molar-refractivity contribution in [3.63, 3.8) is 0 Å². The lowest BCUT2D eigenvalue weighted by atomic mass is 10.2. The zero-order chi connectivity index (χ0) is 15.8. The second kappa shape index (κ2) is 5.62. The summed E-state index contributed by atoms with van der Waals surface area (Å²) in [6.45, 7) is 1.01. The van der Waals surface area contributed by atoms with Crippen LogP contribution in [0.1, 0.15) is 10.6 Å². The predicted octanol–water partition coefficient (Wildman–Crippen LogP) is 4.22. The third-order valence-electron chi connectivity index (χ3n) is 3.53. The highest BCUT2D eigenvalue weighted by atomic mass is 79.9. The van der Waals surface area contributed by atoms with Crippen LogP contribution < -0.4 is 14.8 Å².